The molecule has 0 amide bonds. The minimum absolute atomic E-state index is 0.0109. The molecule has 2 aromatic rings. The van der Waals surface area contributed by atoms with Crippen LogP contribution in [0.4, 0.5) is 0 Å². The summed E-state index contributed by atoms with van der Waals surface area (Å²) in [6.07, 6.45) is 3.32. The maximum atomic E-state index is 11.6. The second-order valence-corrected chi connectivity index (χ2v) is 3.13. The van der Waals surface area contributed by atoms with Crippen LogP contribution in [0.1, 0.15) is 21.9 Å². The maximum absolute atomic E-state index is 11.6. The SMILES string of the molecule is Cc1cc(C(=O)Cc2ccco2)co1. The molecular formula is C11H10O3. The standard InChI is InChI=1S/C11H10O3/c1-8-5-9(7-14-8)11(12)6-10-3-2-4-13-10/h2-5,7H,6H2,1H3. The number of Topliss-reactive ketones (excluding diaryl/α,β-unsaturated/α-hetero) is 1. The zero-order valence-electron chi connectivity index (χ0n) is 7.82. The van der Waals surface area contributed by atoms with Gasteiger partial charge in [0.1, 0.15) is 17.8 Å². The Labute approximate surface area is 81.3 Å². The summed E-state index contributed by atoms with van der Waals surface area (Å²) in [6.45, 7) is 1.81. The van der Waals surface area contributed by atoms with Gasteiger partial charge in [0.2, 0.25) is 0 Å². The largest absolute Gasteiger partial charge is 0.469 e. The van der Waals surface area contributed by atoms with Crippen molar-refractivity contribution in [1.82, 2.24) is 0 Å². The van der Waals surface area contributed by atoms with Crippen molar-refractivity contribution in [3.63, 3.8) is 0 Å². The average molecular weight is 190 g/mol. The number of carbonyl (C=O) groups excluding carboxylic acids is 1. The number of rotatable bonds is 3. The van der Waals surface area contributed by atoms with Gasteiger partial charge in [0.25, 0.3) is 0 Å². The highest BCUT2D eigenvalue weighted by Crippen LogP contribution is 2.11. The molecule has 14 heavy (non-hydrogen) atoms. The summed E-state index contributed by atoms with van der Waals surface area (Å²) in [5.74, 6) is 1.43. The first-order chi connectivity index (χ1) is 6.75. The molecule has 3 heteroatoms. The lowest BCUT2D eigenvalue weighted by Crippen LogP contribution is -2.00. The fraction of sp³-hybridized carbons (Fsp3) is 0.182. The Kier molecular flexibility index (Phi) is 2.23. The monoisotopic (exact) mass is 190 g/mol. The molecule has 0 spiro atoms. The fourth-order valence-corrected chi connectivity index (χ4v) is 1.26. The summed E-state index contributed by atoms with van der Waals surface area (Å²) in [5, 5.41) is 0. The lowest BCUT2D eigenvalue weighted by atomic mass is 10.1. The van der Waals surface area contributed by atoms with Crippen LogP contribution in [-0.4, -0.2) is 5.78 Å². The van der Waals surface area contributed by atoms with Crippen molar-refractivity contribution in [3.05, 3.63) is 47.8 Å². The van der Waals surface area contributed by atoms with Crippen LogP contribution in [-0.2, 0) is 6.42 Å². The normalized spacial score (nSPS) is 10.4. The van der Waals surface area contributed by atoms with Crippen LogP contribution in [0.5, 0.6) is 0 Å². The maximum Gasteiger partial charge on any atom is 0.173 e. The number of carbonyl (C=O) groups is 1. The number of hydrogen-bond donors (Lipinski definition) is 0. The second-order valence-electron chi connectivity index (χ2n) is 3.13. The van der Waals surface area contributed by atoms with E-state index in [4.69, 9.17) is 8.83 Å². The highest BCUT2D eigenvalue weighted by Gasteiger charge is 2.10. The van der Waals surface area contributed by atoms with E-state index >= 15 is 0 Å². The van der Waals surface area contributed by atoms with E-state index in [2.05, 4.69) is 0 Å². The Balaban J connectivity index is 2.10. The Morgan fingerprint density at radius 2 is 2.29 bits per heavy atom. The van der Waals surface area contributed by atoms with Crippen LogP contribution in [0, 0.1) is 6.92 Å². The Hall–Kier alpha value is -1.77. The van der Waals surface area contributed by atoms with Crippen LogP contribution in [0.2, 0.25) is 0 Å². The molecule has 0 N–H and O–H groups in total. The molecule has 0 aliphatic carbocycles. The summed E-state index contributed by atoms with van der Waals surface area (Å²) in [6, 6.07) is 5.28. The van der Waals surface area contributed by atoms with Crippen molar-refractivity contribution in [2.45, 2.75) is 13.3 Å². The second kappa shape index (κ2) is 3.54. The molecule has 2 rings (SSSR count). The molecule has 0 fully saturated rings. The van der Waals surface area contributed by atoms with Gasteiger partial charge in [0.05, 0.1) is 18.2 Å². The summed E-state index contributed by atoms with van der Waals surface area (Å²) in [5.41, 5.74) is 0.596. The van der Waals surface area contributed by atoms with Crippen molar-refractivity contribution >= 4 is 5.78 Å². The molecule has 2 aromatic heterocycles. The topological polar surface area (TPSA) is 43.4 Å². The highest BCUT2D eigenvalue weighted by molar-refractivity contribution is 5.97. The molecule has 0 aromatic carbocycles. The highest BCUT2D eigenvalue weighted by atomic mass is 16.3. The van der Waals surface area contributed by atoms with E-state index in [0.29, 0.717) is 11.3 Å². The molecule has 0 radical (unpaired) electrons. The first kappa shape index (κ1) is 8.81. The number of furan rings is 2. The third-order valence-corrected chi connectivity index (χ3v) is 1.97. The first-order valence-electron chi connectivity index (χ1n) is 4.36. The molecule has 72 valence electrons. The van der Waals surface area contributed by atoms with Crippen molar-refractivity contribution in [2.75, 3.05) is 0 Å². The van der Waals surface area contributed by atoms with Crippen LogP contribution in [0.3, 0.4) is 0 Å². The third-order valence-electron chi connectivity index (χ3n) is 1.97. The van der Waals surface area contributed by atoms with Crippen LogP contribution in [0.15, 0.2) is 39.6 Å². The zero-order chi connectivity index (χ0) is 9.97. The van der Waals surface area contributed by atoms with Crippen LogP contribution < -0.4 is 0 Å². The van der Waals surface area contributed by atoms with E-state index in [1.165, 1.54) is 6.26 Å². The minimum Gasteiger partial charge on any atom is -0.469 e. The number of aryl methyl sites for hydroxylation is 1. The molecule has 0 bridgehead atoms. The number of ketones is 1. The fourth-order valence-electron chi connectivity index (χ4n) is 1.26. The van der Waals surface area contributed by atoms with Crippen molar-refractivity contribution in [2.24, 2.45) is 0 Å². The van der Waals surface area contributed by atoms with Gasteiger partial charge >= 0.3 is 0 Å². The van der Waals surface area contributed by atoms with Gasteiger partial charge in [-0.3, -0.25) is 4.79 Å². The van der Waals surface area contributed by atoms with E-state index < -0.39 is 0 Å². The Bertz CT molecular complexity index is 423. The van der Waals surface area contributed by atoms with E-state index in [1.807, 2.05) is 6.92 Å². The van der Waals surface area contributed by atoms with E-state index in [0.717, 1.165) is 5.76 Å². The summed E-state index contributed by atoms with van der Waals surface area (Å²) < 4.78 is 10.1. The van der Waals surface area contributed by atoms with Crippen molar-refractivity contribution in [3.8, 4) is 0 Å². The molecule has 0 aliphatic heterocycles. The Morgan fingerprint density at radius 1 is 1.43 bits per heavy atom. The van der Waals surface area contributed by atoms with Crippen molar-refractivity contribution in [1.29, 1.82) is 0 Å². The average Bonchev–Trinajstić information content (AvgIpc) is 2.75. The van der Waals surface area contributed by atoms with Crippen molar-refractivity contribution < 1.29 is 13.6 Å². The van der Waals surface area contributed by atoms with Gasteiger partial charge in [-0.2, -0.15) is 0 Å². The minimum atomic E-state index is 0.0109. The molecule has 0 unspecified atom stereocenters. The van der Waals surface area contributed by atoms with Gasteiger partial charge in [-0.1, -0.05) is 0 Å². The molecule has 0 aliphatic rings. The van der Waals surface area contributed by atoms with Crippen LogP contribution >= 0.6 is 0 Å². The van der Waals surface area contributed by atoms with Gasteiger partial charge in [-0.15, -0.1) is 0 Å². The summed E-state index contributed by atoms with van der Waals surface area (Å²) >= 11 is 0. The van der Waals surface area contributed by atoms with E-state index in [1.54, 1.807) is 24.5 Å². The predicted molar refractivity (Wildman–Crippen MR) is 50.2 cm³/mol. The van der Waals surface area contributed by atoms with E-state index in [9.17, 15) is 4.79 Å². The third kappa shape index (κ3) is 1.76. The first-order valence-corrected chi connectivity index (χ1v) is 4.36. The van der Waals surface area contributed by atoms with Gasteiger partial charge in [0.15, 0.2) is 5.78 Å². The quantitative estimate of drug-likeness (QED) is 0.698. The molecule has 3 nitrogen and oxygen atoms in total. The zero-order valence-corrected chi connectivity index (χ0v) is 7.82. The van der Waals surface area contributed by atoms with Gasteiger partial charge < -0.3 is 8.83 Å². The lowest BCUT2D eigenvalue weighted by molar-refractivity contribution is 0.0986. The molecule has 0 atom stereocenters. The Morgan fingerprint density at radius 3 is 2.86 bits per heavy atom. The summed E-state index contributed by atoms with van der Waals surface area (Å²) in [4.78, 5) is 11.6. The van der Waals surface area contributed by atoms with E-state index in [-0.39, 0.29) is 12.2 Å². The van der Waals surface area contributed by atoms with Gasteiger partial charge in [-0.05, 0) is 25.1 Å². The molecule has 0 saturated carbocycles. The smallest absolute Gasteiger partial charge is 0.173 e. The lowest BCUT2D eigenvalue weighted by Gasteiger charge is -1.92. The number of hydrogen-bond acceptors (Lipinski definition) is 3. The van der Waals surface area contributed by atoms with Gasteiger partial charge in [-0.25, -0.2) is 0 Å². The van der Waals surface area contributed by atoms with Gasteiger partial charge in [0, 0.05) is 0 Å². The molecular weight excluding hydrogens is 180 g/mol. The molecule has 0 saturated heterocycles. The predicted octanol–water partition coefficient (Wildman–Crippen LogP) is 2.61. The molecule has 2 heterocycles. The summed E-state index contributed by atoms with van der Waals surface area (Å²) in [7, 11) is 0. The van der Waals surface area contributed by atoms with Crippen LogP contribution in [0.25, 0.3) is 0 Å².